The number of nitrogens with zero attached hydrogens (tertiary/aromatic N) is 2. The molecule has 1 aromatic carbocycles. The molecule has 5 nitrogen and oxygen atoms in total. The molecule has 0 bridgehead atoms. The second-order valence-electron chi connectivity index (χ2n) is 6.91. The van der Waals surface area contributed by atoms with Gasteiger partial charge in [0.05, 0.1) is 6.54 Å². The molecule has 0 saturated carbocycles. The summed E-state index contributed by atoms with van der Waals surface area (Å²) >= 11 is 1.42. The predicted molar refractivity (Wildman–Crippen MR) is 115 cm³/mol. The van der Waals surface area contributed by atoms with Crippen molar-refractivity contribution in [3.63, 3.8) is 0 Å². The number of benzene rings is 1. The molecule has 0 aliphatic rings. The molecule has 6 heteroatoms. The Kier molecular flexibility index (Phi) is 9.14. The van der Waals surface area contributed by atoms with E-state index in [2.05, 4.69) is 24.1 Å². The van der Waals surface area contributed by atoms with Gasteiger partial charge in [-0.05, 0) is 43.4 Å². The quantitative estimate of drug-likeness (QED) is 0.595. The molecule has 28 heavy (non-hydrogen) atoms. The molecule has 2 amide bonds. The lowest BCUT2D eigenvalue weighted by Crippen LogP contribution is -2.31. The van der Waals surface area contributed by atoms with E-state index in [4.69, 9.17) is 0 Å². The van der Waals surface area contributed by atoms with Crippen molar-refractivity contribution >= 4 is 23.2 Å². The Bertz CT molecular complexity index is 755. The first-order valence-corrected chi connectivity index (χ1v) is 11.1. The van der Waals surface area contributed by atoms with Crippen LogP contribution in [-0.4, -0.2) is 34.8 Å². The first-order chi connectivity index (χ1) is 13.6. The van der Waals surface area contributed by atoms with Gasteiger partial charge in [0.25, 0.3) is 11.8 Å². The van der Waals surface area contributed by atoms with E-state index in [0.717, 1.165) is 37.1 Å². The molecule has 1 aromatic heterocycles. The Labute approximate surface area is 172 Å². The highest BCUT2D eigenvalue weighted by Gasteiger charge is 2.18. The van der Waals surface area contributed by atoms with Crippen molar-refractivity contribution in [3.05, 3.63) is 51.5 Å². The van der Waals surface area contributed by atoms with Crippen molar-refractivity contribution in [3.8, 4) is 0 Å². The van der Waals surface area contributed by atoms with Crippen molar-refractivity contribution in [1.82, 2.24) is 15.2 Å². The lowest BCUT2D eigenvalue weighted by atomic mass is 10.1. The van der Waals surface area contributed by atoms with E-state index in [1.165, 1.54) is 16.9 Å². The van der Waals surface area contributed by atoms with E-state index in [1.807, 2.05) is 36.1 Å². The lowest BCUT2D eigenvalue weighted by Gasteiger charge is -2.21. The molecule has 1 heterocycles. The maximum Gasteiger partial charge on any atom is 0.270 e. The number of rotatable bonds is 11. The third-order valence-electron chi connectivity index (χ3n) is 4.45. The predicted octanol–water partition coefficient (Wildman–Crippen LogP) is 4.68. The Balaban J connectivity index is 2.05. The third kappa shape index (κ3) is 6.44. The Hall–Kier alpha value is -2.21. The van der Waals surface area contributed by atoms with Gasteiger partial charge in [-0.3, -0.25) is 9.59 Å². The van der Waals surface area contributed by atoms with Gasteiger partial charge in [0.1, 0.15) is 10.7 Å². The van der Waals surface area contributed by atoms with Gasteiger partial charge in [-0.15, -0.1) is 11.3 Å². The summed E-state index contributed by atoms with van der Waals surface area (Å²) in [7, 11) is 0. The molecule has 2 aromatic rings. The highest BCUT2D eigenvalue weighted by molar-refractivity contribution is 7.09. The maximum absolute atomic E-state index is 13.0. The molecule has 0 spiro atoms. The summed E-state index contributed by atoms with van der Waals surface area (Å²) in [5, 5.41) is 5.38. The molecule has 2 rings (SSSR count). The number of hydrogen-bond donors (Lipinski definition) is 1. The van der Waals surface area contributed by atoms with Gasteiger partial charge in [0.15, 0.2) is 0 Å². The molecule has 152 valence electrons. The van der Waals surface area contributed by atoms with Crippen molar-refractivity contribution in [2.75, 3.05) is 13.1 Å². The standard InChI is InChI=1S/C22H31N3O2S/c1-4-7-8-17-9-11-18(12-10-17)22(27)25(14-6-3)15-20-24-19(16-28-20)21(26)23-13-5-2/h9-12,16H,4-8,13-15H2,1-3H3,(H,23,26). The number of amides is 2. The van der Waals surface area contributed by atoms with Crippen LogP contribution in [-0.2, 0) is 13.0 Å². The van der Waals surface area contributed by atoms with E-state index in [9.17, 15) is 9.59 Å². The van der Waals surface area contributed by atoms with Crippen LogP contribution in [0.1, 0.15) is 77.9 Å². The minimum atomic E-state index is -0.152. The fourth-order valence-electron chi connectivity index (χ4n) is 2.88. The number of unbranched alkanes of at least 4 members (excludes halogenated alkanes) is 1. The normalized spacial score (nSPS) is 10.7. The molecule has 0 aliphatic carbocycles. The van der Waals surface area contributed by atoms with Gasteiger partial charge in [-0.1, -0.05) is 39.3 Å². The van der Waals surface area contributed by atoms with Gasteiger partial charge < -0.3 is 10.2 Å². The van der Waals surface area contributed by atoms with Crippen LogP contribution in [0.2, 0.25) is 0 Å². The highest BCUT2D eigenvalue weighted by atomic mass is 32.1. The number of aryl methyl sites for hydroxylation is 1. The van der Waals surface area contributed by atoms with E-state index < -0.39 is 0 Å². The van der Waals surface area contributed by atoms with E-state index in [1.54, 1.807) is 5.38 Å². The summed E-state index contributed by atoms with van der Waals surface area (Å²) in [6.45, 7) is 7.97. The van der Waals surface area contributed by atoms with E-state index in [-0.39, 0.29) is 11.8 Å². The van der Waals surface area contributed by atoms with Gasteiger partial charge in [0.2, 0.25) is 0 Å². The summed E-state index contributed by atoms with van der Waals surface area (Å²) in [4.78, 5) is 31.2. The molecular weight excluding hydrogens is 370 g/mol. The maximum atomic E-state index is 13.0. The molecule has 1 N–H and O–H groups in total. The minimum Gasteiger partial charge on any atom is -0.351 e. The van der Waals surface area contributed by atoms with Gasteiger partial charge in [-0.25, -0.2) is 4.98 Å². The first kappa shape index (κ1) is 22.1. The zero-order valence-corrected chi connectivity index (χ0v) is 18.0. The monoisotopic (exact) mass is 401 g/mol. The lowest BCUT2D eigenvalue weighted by molar-refractivity contribution is 0.0743. The average molecular weight is 402 g/mol. The Morgan fingerprint density at radius 2 is 1.82 bits per heavy atom. The molecule has 0 unspecified atom stereocenters. The SMILES string of the molecule is CCCCc1ccc(C(=O)N(CCC)Cc2nc(C(=O)NCCC)cs2)cc1. The van der Waals surface area contributed by atoms with Crippen LogP contribution in [0.4, 0.5) is 0 Å². The molecular formula is C22H31N3O2S. The Morgan fingerprint density at radius 1 is 1.07 bits per heavy atom. The fraction of sp³-hybridized carbons (Fsp3) is 0.500. The average Bonchev–Trinajstić information content (AvgIpc) is 3.18. The Morgan fingerprint density at radius 3 is 2.46 bits per heavy atom. The van der Waals surface area contributed by atoms with Crippen LogP contribution < -0.4 is 5.32 Å². The van der Waals surface area contributed by atoms with Crippen LogP contribution in [0.5, 0.6) is 0 Å². The number of carbonyl (C=O) groups is 2. The smallest absolute Gasteiger partial charge is 0.270 e. The summed E-state index contributed by atoms with van der Waals surface area (Å²) in [5.41, 5.74) is 2.40. The number of thiazole rings is 1. The minimum absolute atomic E-state index is 0.0103. The third-order valence-corrected chi connectivity index (χ3v) is 5.28. The number of nitrogens with one attached hydrogen (secondary N) is 1. The second kappa shape index (κ2) is 11.6. The van der Waals surface area contributed by atoms with Crippen LogP contribution in [0, 0.1) is 0 Å². The fourth-order valence-corrected chi connectivity index (χ4v) is 3.67. The summed E-state index contributed by atoms with van der Waals surface area (Å²) in [6, 6.07) is 7.93. The van der Waals surface area contributed by atoms with Crippen molar-refractivity contribution < 1.29 is 9.59 Å². The van der Waals surface area contributed by atoms with E-state index >= 15 is 0 Å². The first-order valence-electron chi connectivity index (χ1n) is 10.2. The van der Waals surface area contributed by atoms with Gasteiger partial charge in [-0.2, -0.15) is 0 Å². The summed E-state index contributed by atoms with van der Waals surface area (Å²) in [6.07, 6.45) is 5.13. The molecule has 0 fully saturated rings. The summed E-state index contributed by atoms with van der Waals surface area (Å²) in [5.74, 6) is -0.142. The van der Waals surface area contributed by atoms with Crippen LogP contribution in [0.3, 0.4) is 0 Å². The van der Waals surface area contributed by atoms with Crippen LogP contribution in [0.15, 0.2) is 29.6 Å². The second-order valence-corrected chi connectivity index (χ2v) is 7.85. The highest BCUT2D eigenvalue weighted by Crippen LogP contribution is 2.16. The van der Waals surface area contributed by atoms with Crippen molar-refractivity contribution in [1.29, 1.82) is 0 Å². The van der Waals surface area contributed by atoms with Crippen LogP contribution >= 0.6 is 11.3 Å². The van der Waals surface area contributed by atoms with Gasteiger partial charge in [0, 0.05) is 24.0 Å². The zero-order chi connectivity index (χ0) is 20.4. The van der Waals surface area contributed by atoms with E-state index in [0.29, 0.717) is 30.9 Å². The number of aromatic nitrogens is 1. The van der Waals surface area contributed by atoms with Crippen LogP contribution in [0.25, 0.3) is 0 Å². The number of hydrogen-bond acceptors (Lipinski definition) is 4. The van der Waals surface area contributed by atoms with Crippen molar-refractivity contribution in [2.45, 2.75) is 59.4 Å². The molecule has 0 radical (unpaired) electrons. The van der Waals surface area contributed by atoms with Gasteiger partial charge >= 0.3 is 0 Å². The topological polar surface area (TPSA) is 62.3 Å². The largest absolute Gasteiger partial charge is 0.351 e. The molecule has 0 aliphatic heterocycles. The number of carbonyl (C=O) groups excluding carboxylic acids is 2. The zero-order valence-electron chi connectivity index (χ0n) is 17.2. The summed E-state index contributed by atoms with van der Waals surface area (Å²) < 4.78 is 0. The molecule has 0 saturated heterocycles. The van der Waals surface area contributed by atoms with Crippen molar-refractivity contribution in [2.24, 2.45) is 0 Å². The molecule has 0 atom stereocenters.